The van der Waals surface area contributed by atoms with Crippen molar-refractivity contribution in [1.82, 2.24) is 19.3 Å². The maximum Gasteiger partial charge on any atom is 0.259 e. The first-order valence-electron chi connectivity index (χ1n) is 7.67. The van der Waals surface area contributed by atoms with Crippen molar-refractivity contribution in [2.24, 2.45) is 0 Å². The minimum absolute atomic E-state index is 0.0217. The molecule has 1 N–H and O–H groups in total. The first-order chi connectivity index (χ1) is 10.3. The number of hydrogen-bond donors (Lipinski definition) is 1. The first-order valence-corrected chi connectivity index (χ1v) is 7.67. The molecule has 0 spiro atoms. The number of rotatable bonds is 5. The predicted octanol–water partition coefficient (Wildman–Crippen LogP) is 1.59. The van der Waals surface area contributed by atoms with Crippen LogP contribution in [0.25, 0.3) is 5.78 Å². The average Bonchev–Trinajstić information content (AvgIpc) is 2.97. The van der Waals surface area contributed by atoms with Crippen molar-refractivity contribution in [3.63, 3.8) is 0 Å². The topological polar surface area (TPSA) is 62.6 Å². The molecule has 1 fully saturated rings. The second kappa shape index (κ2) is 6.41. The van der Waals surface area contributed by atoms with Crippen molar-refractivity contribution in [1.29, 1.82) is 0 Å². The molecule has 1 aliphatic heterocycles. The summed E-state index contributed by atoms with van der Waals surface area (Å²) in [6, 6.07) is 1.96. The van der Waals surface area contributed by atoms with Crippen molar-refractivity contribution >= 4 is 5.78 Å². The number of ether oxygens (including phenoxy) is 1. The van der Waals surface area contributed by atoms with Crippen LogP contribution in [0.2, 0.25) is 0 Å². The third kappa shape index (κ3) is 3.01. The third-order valence-corrected chi connectivity index (χ3v) is 4.11. The summed E-state index contributed by atoms with van der Waals surface area (Å²) in [5.41, 5.74) is 0.946. The summed E-state index contributed by atoms with van der Waals surface area (Å²) < 4.78 is 7.01. The zero-order chi connectivity index (χ0) is 14.7. The summed E-state index contributed by atoms with van der Waals surface area (Å²) in [5.74, 6) is 0.618. The van der Waals surface area contributed by atoms with E-state index in [2.05, 4.69) is 14.9 Å². The Bertz CT molecular complexity index is 648. The molecule has 114 valence electrons. The summed E-state index contributed by atoms with van der Waals surface area (Å²) >= 11 is 0. The molecular formula is C15H22N4O2. The molecule has 1 saturated heterocycles. The van der Waals surface area contributed by atoms with Crippen molar-refractivity contribution in [3.05, 3.63) is 34.5 Å². The van der Waals surface area contributed by atoms with Crippen LogP contribution in [0.1, 0.15) is 37.9 Å². The molecule has 0 aliphatic carbocycles. The van der Waals surface area contributed by atoms with E-state index in [1.54, 1.807) is 18.5 Å². The molecule has 1 atom stereocenters. The van der Waals surface area contributed by atoms with Crippen molar-refractivity contribution in [3.8, 4) is 0 Å². The number of fused-ring (bicyclic) bond motifs is 1. The number of likely N-dealkylation sites (tertiary alicyclic amines) is 1. The van der Waals surface area contributed by atoms with Gasteiger partial charge in [0.15, 0.2) is 0 Å². The van der Waals surface area contributed by atoms with E-state index >= 15 is 0 Å². The molecule has 0 radical (unpaired) electrons. The van der Waals surface area contributed by atoms with Gasteiger partial charge in [-0.05, 0) is 26.3 Å². The van der Waals surface area contributed by atoms with Crippen LogP contribution in [0.15, 0.2) is 23.3 Å². The van der Waals surface area contributed by atoms with Gasteiger partial charge in [-0.2, -0.15) is 0 Å². The lowest BCUT2D eigenvalue weighted by Gasteiger charge is -2.35. The van der Waals surface area contributed by atoms with Gasteiger partial charge in [-0.1, -0.05) is 6.42 Å². The zero-order valence-corrected chi connectivity index (χ0v) is 12.4. The fraction of sp³-hybridized carbons (Fsp3) is 0.600. The molecule has 0 aromatic carbocycles. The molecular weight excluding hydrogens is 268 g/mol. The Balaban J connectivity index is 1.85. The van der Waals surface area contributed by atoms with Crippen LogP contribution < -0.4 is 5.56 Å². The number of H-pyrrole nitrogens is 1. The Morgan fingerprint density at radius 2 is 2.38 bits per heavy atom. The maximum atomic E-state index is 12.1. The minimum atomic E-state index is -0.0217. The van der Waals surface area contributed by atoms with Gasteiger partial charge in [0, 0.05) is 37.3 Å². The second-order valence-electron chi connectivity index (χ2n) is 5.43. The third-order valence-electron chi connectivity index (χ3n) is 4.11. The SMILES string of the molecule is CCOCCN1CCCC[C@H]1c1cc(=O)n2ccnc2[nH]1. The molecule has 0 unspecified atom stereocenters. The molecule has 6 heteroatoms. The van der Waals surface area contributed by atoms with E-state index in [9.17, 15) is 4.79 Å². The zero-order valence-electron chi connectivity index (χ0n) is 12.4. The number of piperidine rings is 1. The van der Waals surface area contributed by atoms with Gasteiger partial charge >= 0.3 is 0 Å². The fourth-order valence-corrected chi connectivity index (χ4v) is 3.06. The van der Waals surface area contributed by atoms with Crippen molar-refractivity contribution < 1.29 is 4.74 Å². The molecule has 3 rings (SSSR count). The van der Waals surface area contributed by atoms with Crippen LogP contribution in [0, 0.1) is 0 Å². The van der Waals surface area contributed by atoms with Crippen LogP contribution in [0.5, 0.6) is 0 Å². The second-order valence-corrected chi connectivity index (χ2v) is 5.43. The monoisotopic (exact) mass is 290 g/mol. The standard InChI is InChI=1S/C15H22N4O2/c1-2-21-10-9-18-7-4-3-5-13(18)12-11-14(20)19-8-6-16-15(19)17-12/h6,8,11,13H,2-5,7,9-10H2,1H3,(H,16,17)/t13-/m0/s1. The van der Waals surface area contributed by atoms with E-state index in [0.29, 0.717) is 5.78 Å². The maximum absolute atomic E-state index is 12.1. The van der Waals surface area contributed by atoms with E-state index in [-0.39, 0.29) is 11.6 Å². The molecule has 0 bridgehead atoms. The first kappa shape index (κ1) is 14.3. The minimum Gasteiger partial charge on any atom is -0.380 e. The van der Waals surface area contributed by atoms with Gasteiger partial charge in [0.25, 0.3) is 5.56 Å². The van der Waals surface area contributed by atoms with Gasteiger partial charge < -0.3 is 9.72 Å². The van der Waals surface area contributed by atoms with Gasteiger partial charge in [-0.3, -0.25) is 14.1 Å². The highest BCUT2D eigenvalue weighted by molar-refractivity contribution is 5.30. The van der Waals surface area contributed by atoms with Crippen LogP contribution in [-0.4, -0.2) is 45.6 Å². The number of aromatic amines is 1. The smallest absolute Gasteiger partial charge is 0.259 e. The van der Waals surface area contributed by atoms with E-state index < -0.39 is 0 Å². The lowest BCUT2D eigenvalue weighted by atomic mass is 9.99. The van der Waals surface area contributed by atoms with E-state index in [4.69, 9.17) is 4.74 Å². The molecule has 2 aromatic heterocycles. The highest BCUT2D eigenvalue weighted by Crippen LogP contribution is 2.28. The van der Waals surface area contributed by atoms with Gasteiger partial charge in [0.05, 0.1) is 12.6 Å². The number of hydrogen-bond acceptors (Lipinski definition) is 4. The van der Waals surface area contributed by atoms with Crippen LogP contribution in [-0.2, 0) is 4.74 Å². The number of nitrogens with zero attached hydrogens (tertiary/aromatic N) is 3. The summed E-state index contributed by atoms with van der Waals surface area (Å²) in [7, 11) is 0. The molecule has 3 heterocycles. The predicted molar refractivity (Wildman–Crippen MR) is 80.5 cm³/mol. The Labute approximate surface area is 123 Å². The van der Waals surface area contributed by atoms with Crippen molar-refractivity contribution in [2.45, 2.75) is 32.2 Å². The summed E-state index contributed by atoms with van der Waals surface area (Å²) in [6.45, 7) is 5.45. The Kier molecular flexibility index (Phi) is 4.36. The highest BCUT2D eigenvalue weighted by Gasteiger charge is 2.25. The van der Waals surface area contributed by atoms with Crippen LogP contribution in [0.3, 0.4) is 0 Å². The van der Waals surface area contributed by atoms with Gasteiger partial charge in [0.2, 0.25) is 5.78 Å². The summed E-state index contributed by atoms with van der Waals surface area (Å²) in [6.07, 6.45) is 6.80. The van der Waals surface area contributed by atoms with Gasteiger partial charge in [-0.25, -0.2) is 4.98 Å². The average molecular weight is 290 g/mol. The number of nitrogens with one attached hydrogen (secondary N) is 1. The van der Waals surface area contributed by atoms with Crippen molar-refractivity contribution in [2.75, 3.05) is 26.3 Å². The quantitative estimate of drug-likeness (QED) is 0.849. The number of imidazole rings is 1. The largest absolute Gasteiger partial charge is 0.380 e. The Morgan fingerprint density at radius 3 is 3.24 bits per heavy atom. The fourth-order valence-electron chi connectivity index (χ4n) is 3.06. The summed E-state index contributed by atoms with van der Waals surface area (Å²) in [5, 5.41) is 0. The Hall–Kier alpha value is -1.66. The highest BCUT2D eigenvalue weighted by atomic mass is 16.5. The van der Waals surface area contributed by atoms with Crippen LogP contribution >= 0.6 is 0 Å². The molecule has 2 aromatic rings. The molecule has 1 aliphatic rings. The van der Waals surface area contributed by atoms with Gasteiger partial charge in [-0.15, -0.1) is 0 Å². The Morgan fingerprint density at radius 1 is 1.48 bits per heavy atom. The lowest BCUT2D eigenvalue weighted by molar-refractivity contribution is 0.0759. The molecule has 0 amide bonds. The molecule has 6 nitrogen and oxygen atoms in total. The normalized spacial score (nSPS) is 20.1. The summed E-state index contributed by atoms with van der Waals surface area (Å²) in [4.78, 5) is 22.0. The lowest BCUT2D eigenvalue weighted by Crippen LogP contribution is -2.37. The van der Waals surface area contributed by atoms with Gasteiger partial charge in [0.1, 0.15) is 0 Å². The van der Waals surface area contributed by atoms with E-state index in [1.165, 1.54) is 17.2 Å². The number of aromatic nitrogens is 3. The molecule has 0 saturated carbocycles. The van der Waals surface area contributed by atoms with E-state index in [1.807, 2.05) is 6.92 Å². The molecule has 21 heavy (non-hydrogen) atoms. The van der Waals surface area contributed by atoms with Crippen LogP contribution in [0.4, 0.5) is 0 Å². The van der Waals surface area contributed by atoms with E-state index in [0.717, 1.165) is 38.4 Å².